The molecule has 134 valence electrons. The smallest absolute Gasteiger partial charge is 0.269 e. The monoisotopic (exact) mass is 351 g/mol. The predicted octanol–water partition coefficient (Wildman–Crippen LogP) is 2.50. The van der Waals surface area contributed by atoms with E-state index in [0.29, 0.717) is 17.6 Å². The number of amides is 1. The molecule has 6 heteroatoms. The number of para-hydroxylation sites is 2. The van der Waals surface area contributed by atoms with Crippen molar-refractivity contribution < 1.29 is 9.53 Å². The summed E-state index contributed by atoms with van der Waals surface area (Å²) in [6.07, 6.45) is 1.36. The molecule has 0 saturated heterocycles. The molecule has 3 aromatic rings. The van der Waals surface area contributed by atoms with Gasteiger partial charge in [0.15, 0.2) is 0 Å². The van der Waals surface area contributed by atoms with Crippen LogP contribution in [0.3, 0.4) is 0 Å². The third kappa shape index (κ3) is 4.27. The van der Waals surface area contributed by atoms with Crippen LogP contribution in [0.1, 0.15) is 19.4 Å². The van der Waals surface area contributed by atoms with Crippen LogP contribution in [0.25, 0.3) is 11.0 Å². The second kappa shape index (κ2) is 7.82. The lowest BCUT2D eigenvalue weighted by atomic mass is 10.2. The Hall–Kier alpha value is -3.15. The SMILES string of the molecule is CC(C)Oc1ccc(CNC(=O)Cn2c(=O)cnc3ccccc32)cc1. The molecular formula is C20H21N3O3. The average Bonchev–Trinajstić information content (AvgIpc) is 2.63. The Balaban J connectivity index is 1.65. The van der Waals surface area contributed by atoms with E-state index in [9.17, 15) is 9.59 Å². The number of nitrogens with one attached hydrogen (secondary N) is 1. The van der Waals surface area contributed by atoms with E-state index in [-0.39, 0.29) is 24.1 Å². The highest BCUT2D eigenvalue weighted by Gasteiger charge is 2.09. The number of ether oxygens (including phenoxy) is 1. The first-order valence-electron chi connectivity index (χ1n) is 8.50. The summed E-state index contributed by atoms with van der Waals surface area (Å²) in [6, 6.07) is 14.8. The number of hydrogen-bond acceptors (Lipinski definition) is 4. The standard InChI is InChI=1S/C20H21N3O3/c1-14(2)26-16-9-7-15(8-10-16)11-22-19(24)13-23-18-6-4-3-5-17(18)21-12-20(23)25/h3-10,12,14H,11,13H2,1-2H3,(H,22,24). The van der Waals surface area contributed by atoms with Crippen LogP contribution < -0.4 is 15.6 Å². The average molecular weight is 351 g/mol. The first-order chi connectivity index (χ1) is 12.5. The van der Waals surface area contributed by atoms with Gasteiger partial charge in [-0.05, 0) is 43.7 Å². The summed E-state index contributed by atoms with van der Waals surface area (Å²) in [4.78, 5) is 28.4. The lowest BCUT2D eigenvalue weighted by Gasteiger charge is -2.11. The van der Waals surface area contributed by atoms with Crippen molar-refractivity contribution in [3.05, 3.63) is 70.6 Å². The molecule has 0 aliphatic heterocycles. The van der Waals surface area contributed by atoms with E-state index in [1.807, 2.05) is 56.3 Å². The predicted molar refractivity (Wildman–Crippen MR) is 100 cm³/mol. The summed E-state index contributed by atoms with van der Waals surface area (Å²) in [7, 11) is 0. The minimum atomic E-state index is -0.297. The molecule has 3 rings (SSSR count). The van der Waals surface area contributed by atoms with Crippen molar-refractivity contribution in [2.24, 2.45) is 0 Å². The van der Waals surface area contributed by atoms with Crippen molar-refractivity contribution in [1.82, 2.24) is 14.9 Å². The van der Waals surface area contributed by atoms with E-state index < -0.39 is 0 Å². The topological polar surface area (TPSA) is 73.2 Å². The van der Waals surface area contributed by atoms with Crippen molar-refractivity contribution in [3.8, 4) is 5.75 Å². The van der Waals surface area contributed by atoms with Crippen molar-refractivity contribution in [3.63, 3.8) is 0 Å². The van der Waals surface area contributed by atoms with Gasteiger partial charge >= 0.3 is 0 Å². The fourth-order valence-electron chi connectivity index (χ4n) is 2.64. The number of carbonyl (C=O) groups excluding carboxylic acids is 1. The molecule has 1 amide bonds. The fraction of sp³-hybridized carbons (Fsp3) is 0.250. The summed E-state index contributed by atoms with van der Waals surface area (Å²) in [5.41, 5.74) is 1.99. The van der Waals surface area contributed by atoms with E-state index in [1.54, 1.807) is 6.07 Å². The summed E-state index contributed by atoms with van der Waals surface area (Å²) in [5.74, 6) is 0.566. The van der Waals surface area contributed by atoms with Gasteiger partial charge in [0.2, 0.25) is 5.91 Å². The number of hydrogen-bond donors (Lipinski definition) is 1. The molecule has 0 fully saturated rings. The highest BCUT2D eigenvalue weighted by molar-refractivity contribution is 5.79. The van der Waals surface area contributed by atoms with Gasteiger partial charge in [0.25, 0.3) is 5.56 Å². The van der Waals surface area contributed by atoms with Gasteiger partial charge < -0.3 is 10.1 Å². The van der Waals surface area contributed by atoms with E-state index in [4.69, 9.17) is 4.74 Å². The molecule has 0 radical (unpaired) electrons. The van der Waals surface area contributed by atoms with Crippen LogP contribution in [0.5, 0.6) is 5.75 Å². The largest absolute Gasteiger partial charge is 0.491 e. The maximum atomic E-state index is 12.3. The van der Waals surface area contributed by atoms with Crippen LogP contribution in [0.4, 0.5) is 0 Å². The van der Waals surface area contributed by atoms with Crippen molar-refractivity contribution in [1.29, 1.82) is 0 Å². The molecule has 1 N–H and O–H groups in total. The van der Waals surface area contributed by atoms with Crippen LogP contribution in [0.15, 0.2) is 59.5 Å². The van der Waals surface area contributed by atoms with Gasteiger partial charge in [-0.25, -0.2) is 4.98 Å². The molecule has 0 spiro atoms. The molecule has 0 aliphatic carbocycles. The quantitative estimate of drug-likeness (QED) is 0.740. The van der Waals surface area contributed by atoms with Gasteiger partial charge in [-0.2, -0.15) is 0 Å². The van der Waals surface area contributed by atoms with Crippen LogP contribution >= 0.6 is 0 Å². The fourth-order valence-corrected chi connectivity index (χ4v) is 2.64. The number of carbonyl (C=O) groups is 1. The third-order valence-corrected chi connectivity index (χ3v) is 3.84. The highest BCUT2D eigenvalue weighted by Crippen LogP contribution is 2.13. The van der Waals surface area contributed by atoms with Gasteiger partial charge in [-0.3, -0.25) is 14.2 Å². The van der Waals surface area contributed by atoms with Gasteiger partial charge in [-0.15, -0.1) is 0 Å². The highest BCUT2D eigenvalue weighted by atomic mass is 16.5. The maximum absolute atomic E-state index is 12.3. The first kappa shape index (κ1) is 17.7. The normalized spacial score (nSPS) is 10.9. The Morgan fingerprint density at radius 3 is 2.62 bits per heavy atom. The molecule has 1 aromatic heterocycles. The Bertz CT molecular complexity index is 962. The van der Waals surface area contributed by atoms with Crippen molar-refractivity contribution >= 4 is 16.9 Å². The van der Waals surface area contributed by atoms with E-state index in [0.717, 1.165) is 11.3 Å². The maximum Gasteiger partial charge on any atom is 0.269 e. The number of nitrogens with zero attached hydrogens (tertiary/aromatic N) is 2. The first-order valence-corrected chi connectivity index (χ1v) is 8.50. The zero-order chi connectivity index (χ0) is 18.5. The molecule has 0 atom stereocenters. The summed E-state index contributed by atoms with van der Waals surface area (Å²) in [5, 5.41) is 2.84. The van der Waals surface area contributed by atoms with Crippen LogP contribution in [-0.4, -0.2) is 21.6 Å². The minimum absolute atomic E-state index is 0.0452. The summed E-state index contributed by atoms with van der Waals surface area (Å²) >= 11 is 0. The van der Waals surface area contributed by atoms with Gasteiger partial charge in [0.1, 0.15) is 12.3 Å². The van der Waals surface area contributed by atoms with Gasteiger partial charge in [0, 0.05) is 6.54 Å². The summed E-state index contributed by atoms with van der Waals surface area (Å²) in [6.45, 7) is 4.28. The van der Waals surface area contributed by atoms with Crippen LogP contribution in [-0.2, 0) is 17.9 Å². The lowest BCUT2D eigenvalue weighted by Crippen LogP contribution is -2.32. The number of aromatic nitrogens is 2. The Morgan fingerprint density at radius 1 is 1.15 bits per heavy atom. The second-order valence-electron chi connectivity index (χ2n) is 6.26. The molecular weight excluding hydrogens is 330 g/mol. The number of benzene rings is 2. The zero-order valence-corrected chi connectivity index (χ0v) is 14.8. The lowest BCUT2D eigenvalue weighted by molar-refractivity contribution is -0.121. The second-order valence-corrected chi connectivity index (χ2v) is 6.26. The molecule has 6 nitrogen and oxygen atoms in total. The minimum Gasteiger partial charge on any atom is -0.491 e. The van der Waals surface area contributed by atoms with E-state index >= 15 is 0 Å². The molecule has 2 aromatic carbocycles. The Labute approximate surface area is 151 Å². The van der Waals surface area contributed by atoms with Gasteiger partial charge in [-0.1, -0.05) is 24.3 Å². The Kier molecular flexibility index (Phi) is 5.31. The zero-order valence-electron chi connectivity index (χ0n) is 14.8. The molecule has 0 bridgehead atoms. The van der Waals surface area contributed by atoms with Crippen molar-refractivity contribution in [2.45, 2.75) is 33.0 Å². The Morgan fingerprint density at radius 2 is 1.88 bits per heavy atom. The molecule has 26 heavy (non-hydrogen) atoms. The van der Waals surface area contributed by atoms with Gasteiger partial charge in [0.05, 0.1) is 23.3 Å². The van der Waals surface area contributed by atoms with Crippen molar-refractivity contribution in [2.75, 3.05) is 0 Å². The molecule has 0 aliphatic rings. The molecule has 1 heterocycles. The van der Waals surface area contributed by atoms with E-state index in [2.05, 4.69) is 10.3 Å². The summed E-state index contributed by atoms with van der Waals surface area (Å²) < 4.78 is 7.02. The number of fused-ring (bicyclic) bond motifs is 1. The van der Waals surface area contributed by atoms with E-state index in [1.165, 1.54) is 10.8 Å². The molecule has 0 saturated carbocycles. The number of rotatable bonds is 6. The molecule has 0 unspecified atom stereocenters. The van der Waals surface area contributed by atoms with Crippen LogP contribution in [0, 0.1) is 0 Å². The third-order valence-electron chi connectivity index (χ3n) is 3.84. The van der Waals surface area contributed by atoms with Crippen LogP contribution in [0.2, 0.25) is 0 Å².